The number of aryl methyl sites for hydroxylation is 1. The van der Waals surface area contributed by atoms with Gasteiger partial charge < -0.3 is 15.4 Å². The van der Waals surface area contributed by atoms with Crippen LogP contribution in [-0.4, -0.2) is 27.2 Å². The Morgan fingerprint density at radius 1 is 1.69 bits per heavy atom. The standard InChI is InChI=1S/C11H13N3O2/c1-14-3-2-9-10(14)4-7(6-13-9)8(5-12)11(15)16/h2-4,6,8H,5,12H2,1H3,(H,15,16). The van der Waals surface area contributed by atoms with Gasteiger partial charge in [-0.15, -0.1) is 0 Å². The maximum absolute atomic E-state index is 11.0. The molecule has 5 heteroatoms. The van der Waals surface area contributed by atoms with Crippen molar-refractivity contribution in [2.75, 3.05) is 6.54 Å². The van der Waals surface area contributed by atoms with Gasteiger partial charge in [0.05, 0.1) is 17.0 Å². The summed E-state index contributed by atoms with van der Waals surface area (Å²) in [5.41, 5.74) is 7.86. The van der Waals surface area contributed by atoms with Gasteiger partial charge in [0.15, 0.2) is 0 Å². The third-order valence-corrected chi connectivity index (χ3v) is 2.69. The predicted molar refractivity (Wildman–Crippen MR) is 60.1 cm³/mol. The van der Waals surface area contributed by atoms with E-state index in [1.54, 1.807) is 6.20 Å². The van der Waals surface area contributed by atoms with E-state index in [0.29, 0.717) is 5.56 Å². The zero-order valence-electron chi connectivity index (χ0n) is 8.92. The summed E-state index contributed by atoms with van der Waals surface area (Å²) in [7, 11) is 1.89. The molecule has 0 amide bonds. The Hall–Kier alpha value is -1.88. The Balaban J connectivity index is 2.52. The monoisotopic (exact) mass is 219 g/mol. The van der Waals surface area contributed by atoms with Crippen molar-refractivity contribution in [2.45, 2.75) is 5.92 Å². The highest BCUT2D eigenvalue weighted by Crippen LogP contribution is 2.19. The molecule has 84 valence electrons. The Labute approximate surface area is 92.5 Å². The van der Waals surface area contributed by atoms with Gasteiger partial charge in [-0.25, -0.2) is 0 Å². The van der Waals surface area contributed by atoms with E-state index < -0.39 is 11.9 Å². The molecule has 0 bridgehead atoms. The number of carbonyl (C=O) groups is 1. The highest BCUT2D eigenvalue weighted by molar-refractivity contribution is 5.80. The summed E-state index contributed by atoms with van der Waals surface area (Å²) in [6, 6.07) is 3.71. The number of rotatable bonds is 3. The van der Waals surface area contributed by atoms with E-state index in [9.17, 15) is 4.79 Å². The molecule has 1 unspecified atom stereocenters. The molecule has 0 aliphatic rings. The lowest BCUT2D eigenvalue weighted by Crippen LogP contribution is -2.21. The van der Waals surface area contributed by atoms with Crippen molar-refractivity contribution < 1.29 is 9.90 Å². The number of nitrogens with zero attached hydrogens (tertiary/aromatic N) is 2. The predicted octanol–water partition coefficient (Wildman–Crippen LogP) is 0.700. The van der Waals surface area contributed by atoms with Gasteiger partial charge in [-0.05, 0) is 17.7 Å². The lowest BCUT2D eigenvalue weighted by atomic mass is 10.0. The van der Waals surface area contributed by atoms with Crippen LogP contribution in [0.4, 0.5) is 0 Å². The van der Waals surface area contributed by atoms with E-state index in [2.05, 4.69) is 4.98 Å². The minimum absolute atomic E-state index is 0.0763. The Kier molecular flexibility index (Phi) is 2.62. The topological polar surface area (TPSA) is 81.1 Å². The highest BCUT2D eigenvalue weighted by Gasteiger charge is 2.18. The van der Waals surface area contributed by atoms with Gasteiger partial charge in [0.1, 0.15) is 0 Å². The summed E-state index contributed by atoms with van der Waals surface area (Å²) in [4.78, 5) is 15.2. The fourth-order valence-corrected chi connectivity index (χ4v) is 1.72. The maximum Gasteiger partial charge on any atom is 0.312 e. The average molecular weight is 219 g/mol. The molecule has 0 saturated heterocycles. The molecule has 16 heavy (non-hydrogen) atoms. The summed E-state index contributed by atoms with van der Waals surface area (Å²) in [5, 5.41) is 9.00. The molecule has 0 saturated carbocycles. The maximum atomic E-state index is 11.0. The number of hydrogen-bond acceptors (Lipinski definition) is 3. The van der Waals surface area contributed by atoms with Crippen molar-refractivity contribution in [1.82, 2.24) is 9.55 Å². The lowest BCUT2D eigenvalue weighted by Gasteiger charge is -2.09. The van der Waals surface area contributed by atoms with Gasteiger partial charge >= 0.3 is 5.97 Å². The quantitative estimate of drug-likeness (QED) is 0.796. The number of fused-ring (bicyclic) bond motifs is 1. The zero-order chi connectivity index (χ0) is 11.7. The van der Waals surface area contributed by atoms with Crippen molar-refractivity contribution in [1.29, 1.82) is 0 Å². The number of pyridine rings is 1. The molecular formula is C11H13N3O2. The Morgan fingerprint density at radius 3 is 3.06 bits per heavy atom. The van der Waals surface area contributed by atoms with E-state index in [0.717, 1.165) is 11.0 Å². The third-order valence-electron chi connectivity index (χ3n) is 2.69. The molecule has 0 spiro atoms. The van der Waals surface area contributed by atoms with E-state index in [1.165, 1.54) is 0 Å². The van der Waals surface area contributed by atoms with Crippen molar-refractivity contribution in [3.8, 4) is 0 Å². The second-order valence-electron chi connectivity index (χ2n) is 3.73. The summed E-state index contributed by atoms with van der Waals surface area (Å²) in [5.74, 6) is -1.61. The highest BCUT2D eigenvalue weighted by atomic mass is 16.4. The second-order valence-corrected chi connectivity index (χ2v) is 3.73. The largest absolute Gasteiger partial charge is 0.481 e. The molecule has 0 aromatic carbocycles. The van der Waals surface area contributed by atoms with Crippen LogP contribution in [0.2, 0.25) is 0 Å². The van der Waals surface area contributed by atoms with Gasteiger partial charge in [-0.3, -0.25) is 9.78 Å². The summed E-state index contributed by atoms with van der Waals surface area (Å²) in [6.45, 7) is 0.0763. The van der Waals surface area contributed by atoms with Gasteiger partial charge in [0, 0.05) is 26.0 Å². The number of nitrogens with two attached hydrogens (primary N) is 1. The van der Waals surface area contributed by atoms with Crippen LogP contribution < -0.4 is 5.73 Å². The van der Waals surface area contributed by atoms with Crippen molar-refractivity contribution in [2.24, 2.45) is 12.8 Å². The van der Waals surface area contributed by atoms with E-state index in [-0.39, 0.29) is 6.54 Å². The van der Waals surface area contributed by atoms with Crippen LogP contribution in [-0.2, 0) is 11.8 Å². The summed E-state index contributed by atoms with van der Waals surface area (Å²) in [6.07, 6.45) is 3.47. The van der Waals surface area contributed by atoms with E-state index >= 15 is 0 Å². The van der Waals surface area contributed by atoms with Crippen LogP contribution in [0, 0.1) is 0 Å². The zero-order valence-corrected chi connectivity index (χ0v) is 8.92. The van der Waals surface area contributed by atoms with Crippen LogP contribution in [0.15, 0.2) is 24.5 Å². The number of aliphatic carboxylic acids is 1. The number of hydrogen-bond donors (Lipinski definition) is 2. The van der Waals surface area contributed by atoms with Crippen LogP contribution in [0.5, 0.6) is 0 Å². The molecule has 0 aliphatic heterocycles. The van der Waals surface area contributed by atoms with Crippen LogP contribution >= 0.6 is 0 Å². The van der Waals surface area contributed by atoms with Gasteiger partial charge in [0.2, 0.25) is 0 Å². The molecular weight excluding hydrogens is 206 g/mol. The minimum atomic E-state index is -0.919. The summed E-state index contributed by atoms with van der Waals surface area (Å²) >= 11 is 0. The van der Waals surface area contributed by atoms with Crippen LogP contribution in [0.1, 0.15) is 11.5 Å². The third kappa shape index (κ3) is 1.65. The first kappa shape index (κ1) is 10.6. The van der Waals surface area contributed by atoms with Gasteiger partial charge in [-0.1, -0.05) is 0 Å². The lowest BCUT2D eigenvalue weighted by molar-refractivity contribution is -0.138. The number of carboxylic acids is 1. The van der Waals surface area contributed by atoms with Gasteiger partial charge in [0.25, 0.3) is 0 Å². The minimum Gasteiger partial charge on any atom is -0.481 e. The first-order valence-electron chi connectivity index (χ1n) is 4.97. The van der Waals surface area contributed by atoms with Gasteiger partial charge in [-0.2, -0.15) is 0 Å². The number of aromatic nitrogens is 2. The molecule has 1 atom stereocenters. The Bertz CT molecular complexity index is 533. The molecule has 0 fully saturated rings. The SMILES string of the molecule is Cn1ccc2ncc(C(CN)C(=O)O)cc21. The first-order valence-corrected chi connectivity index (χ1v) is 4.97. The second kappa shape index (κ2) is 3.94. The van der Waals surface area contributed by atoms with E-state index in [1.807, 2.05) is 29.9 Å². The molecule has 2 aromatic heterocycles. The molecule has 2 rings (SSSR count). The van der Waals surface area contributed by atoms with E-state index in [4.69, 9.17) is 10.8 Å². The molecule has 2 aromatic rings. The fourth-order valence-electron chi connectivity index (χ4n) is 1.72. The van der Waals surface area contributed by atoms with Crippen LogP contribution in [0.3, 0.4) is 0 Å². The first-order chi connectivity index (χ1) is 7.63. The molecule has 0 radical (unpaired) electrons. The fraction of sp³-hybridized carbons (Fsp3) is 0.273. The Morgan fingerprint density at radius 2 is 2.44 bits per heavy atom. The summed E-state index contributed by atoms with van der Waals surface area (Å²) < 4.78 is 1.90. The molecule has 5 nitrogen and oxygen atoms in total. The van der Waals surface area contributed by atoms with Crippen molar-refractivity contribution in [3.05, 3.63) is 30.1 Å². The number of carboxylic acid groups (broad SMARTS) is 1. The molecule has 3 N–H and O–H groups in total. The smallest absolute Gasteiger partial charge is 0.312 e. The normalized spacial score (nSPS) is 12.9. The molecule has 0 aliphatic carbocycles. The molecule has 2 heterocycles. The average Bonchev–Trinajstić information content (AvgIpc) is 2.61. The van der Waals surface area contributed by atoms with Crippen LogP contribution in [0.25, 0.3) is 11.0 Å². The van der Waals surface area contributed by atoms with Crippen molar-refractivity contribution >= 4 is 17.0 Å². The van der Waals surface area contributed by atoms with Crippen molar-refractivity contribution in [3.63, 3.8) is 0 Å².